The van der Waals surface area contributed by atoms with Gasteiger partial charge in [0.05, 0.1) is 11.5 Å². The van der Waals surface area contributed by atoms with Gasteiger partial charge in [0, 0.05) is 28.7 Å². The maximum atomic E-state index is 11.6. The predicted octanol–water partition coefficient (Wildman–Crippen LogP) is 2.33. The van der Waals surface area contributed by atoms with E-state index < -0.39 is 9.84 Å². The second kappa shape index (κ2) is 5.42. The molecule has 4 nitrogen and oxygen atoms in total. The van der Waals surface area contributed by atoms with Crippen molar-refractivity contribution in [2.45, 2.75) is 25.9 Å². The SMILES string of the molecule is CC1CS(=O)(=O)CCN1C(C)c1cc(Br)ccc1O. The number of sulfone groups is 1. The van der Waals surface area contributed by atoms with E-state index in [0.717, 1.165) is 10.0 Å². The summed E-state index contributed by atoms with van der Waals surface area (Å²) in [5.74, 6) is 0.624. The number of phenols is 1. The minimum atomic E-state index is -2.91. The van der Waals surface area contributed by atoms with Crippen molar-refractivity contribution in [1.82, 2.24) is 4.90 Å². The van der Waals surface area contributed by atoms with Crippen LogP contribution in [0, 0.1) is 0 Å². The van der Waals surface area contributed by atoms with Crippen molar-refractivity contribution in [1.29, 1.82) is 0 Å². The van der Waals surface area contributed by atoms with E-state index in [1.165, 1.54) is 0 Å². The molecule has 0 bridgehead atoms. The highest BCUT2D eigenvalue weighted by Gasteiger charge is 2.32. The zero-order valence-corrected chi connectivity index (χ0v) is 13.4. The topological polar surface area (TPSA) is 57.6 Å². The number of rotatable bonds is 2. The molecule has 0 aliphatic carbocycles. The molecule has 0 aromatic heterocycles. The first-order valence-electron chi connectivity index (χ1n) is 6.25. The second-order valence-electron chi connectivity index (χ2n) is 5.08. The van der Waals surface area contributed by atoms with E-state index in [1.54, 1.807) is 12.1 Å². The summed E-state index contributed by atoms with van der Waals surface area (Å²) >= 11 is 3.40. The van der Waals surface area contributed by atoms with Crippen molar-refractivity contribution < 1.29 is 13.5 Å². The minimum Gasteiger partial charge on any atom is -0.508 e. The molecule has 1 N–H and O–H groups in total. The van der Waals surface area contributed by atoms with Crippen LogP contribution in [0.3, 0.4) is 0 Å². The third-order valence-electron chi connectivity index (χ3n) is 3.66. The van der Waals surface area contributed by atoms with Gasteiger partial charge in [-0.25, -0.2) is 8.42 Å². The van der Waals surface area contributed by atoms with Gasteiger partial charge in [-0.1, -0.05) is 15.9 Å². The van der Waals surface area contributed by atoms with E-state index in [9.17, 15) is 13.5 Å². The van der Waals surface area contributed by atoms with Crippen LogP contribution in [0.4, 0.5) is 0 Å². The van der Waals surface area contributed by atoms with Crippen LogP contribution >= 0.6 is 15.9 Å². The normalized spacial score (nSPS) is 25.1. The molecule has 2 atom stereocenters. The lowest BCUT2D eigenvalue weighted by Gasteiger charge is -2.38. The highest BCUT2D eigenvalue weighted by atomic mass is 79.9. The number of benzene rings is 1. The molecule has 2 unspecified atom stereocenters. The van der Waals surface area contributed by atoms with Crippen LogP contribution in [0.25, 0.3) is 0 Å². The van der Waals surface area contributed by atoms with E-state index >= 15 is 0 Å². The largest absolute Gasteiger partial charge is 0.508 e. The minimum absolute atomic E-state index is 0.0111. The van der Waals surface area contributed by atoms with Crippen molar-refractivity contribution in [3.8, 4) is 5.75 Å². The van der Waals surface area contributed by atoms with Gasteiger partial charge in [0.25, 0.3) is 0 Å². The molecule has 19 heavy (non-hydrogen) atoms. The Bertz CT molecular complexity index is 573. The Morgan fingerprint density at radius 3 is 2.79 bits per heavy atom. The number of hydrogen-bond donors (Lipinski definition) is 1. The predicted molar refractivity (Wildman–Crippen MR) is 79.0 cm³/mol. The van der Waals surface area contributed by atoms with E-state index in [1.807, 2.05) is 19.9 Å². The summed E-state index contributed by atoms with van der Waals surface area (Å²) in [6.07, 6.45) is 0. The summed E-state index contributed by atoms with van der Waals surface area (Å²) in [6, 6.07) is 5.28. The molecule has 0 radical (unpaired) electrons. The Kier molecular flexibility index (Phi) is 4.23. The molecule has 1 aliphatic rings. The van der Waals surface area contributed by atoms with E-state index in [2.05, 4.69) is 20.8 Å². The molecule has 0 amide bonds. The van der Waals surface area contributed by atoms with Crippen molar-refractivity contribution in [2.75, 3.05) is 18.1 Å². The molecule has 1 aromatic carbocycles. The maximum absolute atomic E-state index is 11.6. The average Bonchev–Trinajstić information content (AvgIpc) is 2.30. The molecule has 106 valence electrons. The summed E-state index contributed by atoms with van der Waals surface area (Å²) in [6.45, 7) is 4.43. The molecular weight excluding hydrogens is 330 g/mol. The Labute approximate surface area is 122 Å². The van der Waals surface area contributed by atoms with Gasteiger partial charge in [0.15, 0.2) is 9.84 Å². The van der Waals surface area contributed by atoms with Crippen molar-refractivity contribution in [3.63, 3.8) is 0 Å². The summed E-state index contributed by atoms with van der Waals surface area (Å²) < 4.78 is 24.1. The Morgan fingerprint density at radius 2 is 2.16 bits per heavy atom. The first-order valence-corrected chi connectivity index (χ1v) is 8.86. The van der Waals surface area contributed by atoms with Crippen LogP contribution in [0.2, 0.25) is 0 Å². The Morgan fingerprint density at radius 1 is 1.47 bits per heavy atom. The third kappa shape index (κ3) is 3.30. The fourth-order valence-corrected chi connectivity index (χ4v) is 4.59. The van der Waals surface area contributed by atoms with Gasteiger partial charge in [-0.2, -0.15) is 0 Å². The highest BCUT2D eigenvalue weighted by molar-refractivity contribution is 9.10. The van der Waals surface area contributed by atoms with Crippen LogP contribution in [0.1, 0.15) is 25.5 Å². The maximum Gasteiger partial charge on any atom is 0.153 e. The van der Waals surface area contributed by atoms with Gasteiger partial charge in [-0.15, -0.1) is 0 Å². The van der Waals surface area contributed by atoms with Gasteiger partial charge in [-0.3, -0.25) is 4.90 Å². The monoisotopic (exact) mass is 347 g/mol. The molecule has 1 fully saturated rings. The lowest BCUT2D eigenvalue weighted by molar-refractivity contribution is 0.167. The average molecular weight is 348 g/mol. The van der Waals surface area contributed by atoms with Gasteiger partial charge in [0.2, 0.25) is 0 Å². The molecule has 2 rings (SSSR count). The molecule has 0 saturated carbocycles. The smallest absolute Gasteiger partial charge is 0.153 e. The van der Waals surface area contributed by atoms with Crippen LogP contribution in [0.5, 0.6) is 5.75 Å². The van der Waals surface area contributed by atoms with Crippen LogP contribution in [-0.2, 0) is 9.84 Å². The number of aromatic hydroxyl groups is 1. The summed E-state index contributed by atoms with van der Waals surface area (Å²) in [4.78, 5) is 2.13. The second-order valence-corrected chi connectivity index (χ2v) is 8.22. The molecule has 1 heterocycles. The van der Waals surface area contributed by atoms with Gasteiger partial charge in [-0.05, 0) is 32.0 Å². The number of phenolic OH excluding ortho intramolecular Hbond substituents is 1. The van der Waals surface area contributed by atoms with Gasteiger partial charge >= 0.3 is 0 Å². The highest BCUT2D eigenvalue weighted by Crippen LogP contribution is 2.33. The number of nitrogens with zero attached hydrogens (tertiary/aromatic N) is 1. The zero-order chi connectivity index (χ0) is 14.2. The molecule has 1 saturated heterocycles. The number of hydrogen-bond acceptors (Lipinski definition) is 4. The van der Waals surface area contributed by atoms with Crippen LogP contribution < -0.4 is 0 Å². The Balaban J connectivity index is 2.25. The first-order chi connectivity index (χ1) is 8.80. The molecule has 6 heteroatoms. The summed E-state index contributed by atoms with van der Waals surface area (Å²) in [7, 11) is -2.91. The van der Waals surface area contributed by atoms with Crippen LogP contribution in [-0.4, -0.2) is 42.5 Å². The van der Waals surface area contributed by atoms with Crippen molar-refractivity contribution in [2.24, 2.45) is 0 Å². The third-order valence-corrected chi connectivity index (χ3v) is 5.95. The van der Waals surface area contributed by atoms with E-state index in [-0.39, 0.29) is 29.3 Å². The summed E-state index contributed by atoms with van der Waals surface area (Å²) in [5, 5.41) is 9.96. The quantitative estimate of drug-likeness (QED) is 0.891. The lowest BCUT2D eigenvalue weighted by Crippen LogP contribution is -2.47. The number of halogens is 1. The van der Waals surface area contributed by atoms with Gasteiger partial charge in [0.1, 0.15) is 5.75 Å². The molecule has 1 aliphatic heterocycles. The molecular formula is C13H18BrNO3S. The van der Waals surface area contributed by atoms with E-state index in [4.69, 9.17) is 0 Å². The molecule has 1 aromatic rings. The van der Waals surface area contributed by atoms with Gasteiger partial charge < -0.3 is 5.11 Å². The van der Waals surface area contributed by atoms with Crippen molar-refractivity contribution in [3.05, 3.63) is 28.2 Å². The Hall–Kier alpha value is -0.590. The first kappa shape index (κ1) is 14.8. The van der Waals surface area contributed by atoms with Crippen molar-refractivity contribution >= 4 is 25.8 Å². The fraction of sp³-hybridized carbons (Fsp3) is 0.538. The lowest BCUT2D eigenvalue weighted by atomic mass is 10.0. The zero-order valence-electron chi connectivity index (χ0n) is 11.0. The fourth-order valence-electron chi connectivity index (χ4n) is 2.63. The standard InChI is InChI=1S/C13H18BrNO3S/c1-9-8-19(17,18)6-5-15(9)10(2)12-7-11(14)3-4-13(12)16/h3-4,7,9-10,16H,5-6,8H2,1-2H3. The molecule has 0 spiro atoms. The summed E-state index contributed by atoms with van der Waals surface area (Å²) in [5.41, 5.74) is 0.820. The van der Waals surface area contributed by atoms with E-state index in [0.29, 0.717) is 6.54 Å². The van der Waals surface area contributed by atoms with Crippen LogP contribution in [0.15, 0.2) is 22.7 Å².